The van der Waals surface area contributed by atoms with Crippen LogP contribution in [0.1, 0.15) is 18.9 Å². The van der Waals surface area contributed by atoms with E-state index in [2.05, 4.69) is 18.3 Å². The van der Waals surface area contributed by atoms with Crippen LogP contribution in [0, 0.1) is 0 Å². The zero-order valence-electron chi connectivity index (χ0n) is 7.21. The first-order valence-corrected chi connectivity index (χ1v) is 4.16. The van der Waals surface area contributed by atoms with Gasteiger partial charge in [-0.05, 0) is 24.1 Å². The highest BCUT2D eigenvalue weighted by molar-refractivity contribution is 5.71. The minimum Gasteiger partial charge on any atom is -0.329 e. The second-order valence-electron chi connectivity index (χ2n) is 2.71. The Morgan fingerprint density at radius 2 is 2.33 bits per heavy atom. The van der Waals surface area contributed by atoms with Gasteiger partial charge in [-0.3, -0.25) is 4.79 Å². The van der Waals surface area contributed by atoms with E-state index in [9.17, 15) is 4.79 Å². The van der Waals surface area contributed by atoms with E-state index in [0.717, 1.165) is 18.5 Å². The summed E-state index contributed by atoms with van der Waals surface area (Å²) in [6, 6.07) is 7.90. The van der Waals surface area contributed by atoms with Crippen LogP contribution in [0.3, 0.4) is 0 Å². The average Bonchev–Trinajstić information content (AvgIpc) is 2.06. The first-order valence-electron chi connectivity index (χ1n) is 4.16. The summed E-state index contributed by atoms with van der Waals surface area (Å²) in [5.74, 6) is 0. The second-order valence-corrected chi connectivity index (χ2v) is 2.71. The van der Waals surface area contributed by atoms with E-state index in [4.69, 9.17) is 0 Å². The highest BCUT2D eigenvalue weighted by atomic mass is 16.1. The van der Waals surface area contributed by atoms with Crippen LogP contribution in [0.5, 0.6) is 0 Å². The number of benzene rings is 1. The van der Waals surface area contributed by atoms with Crippen LogP contribution in [0.25, 0.3) is 0 Å². The summed E-state index contributed by atoms with van der Waals surface area (Å²) in [7, 11) is 0. The molecule has 64 valence electrons. The van der Waals surface area contributed by atoms with Crippen molar-refractivity contribution in [1.29, 1.82) is 0 Å². The zero-order valence-corrected chi connectivity index (χ0v) is 7.21. The Balaban J connectivity index is 2.73. The van der Waals surface area contributed by atoms with Crippen molar-refractivity contribution in [2.75, 3.05) is 5.32 Å². The predicted octanol–water partition coefficient (Wildman–Crippen LogP) is 2.21. The lowest BCUT2D eigenvalue weighted by Crippen LogP contribution is -1.94. The van der Waals surface area contributed by atoms with Crippen LogP contribution < -0.4 is 5.32 Å². The lowest BCUT2D eigenvalue weighted by Gasteiger charge is -2.01. The summed E-state index contributed by atoms with van der Waals surface area (Å²) < 4.78 is 0. The smallest absolute Gasteiger partial charge is 0.211 e. The van der Waals surface area contributed by atoms with Gasteiger partial charge in [0.15, 0.2) is 0 Å². The van der Waals surface area contributed by atoms with Crippen molar-refractivity contribution >= 4 is 12.1 Å². The molecule has 0 saturated heterocycles. The topological polar surface area (TPSA) is 29.1 Å². The number of nitrogens with one attached hydrogen (secondary N) is 1. The van der Waals surface area contributed by atoms with Gasteiger partial charge in [0.1, 0.15) is 0 Å². The van der Waals surface area contributed by atoms with Gasteiger partial charge in [0.25, 0.3) is 0 Å². The van der Waals surface area contributed by atoms with E-state index in [0.29, 0.717) is 6.41 Å². The highest BCUT2D eigenvalue weighted by Gasteiger charge is 1.92. The Kier molecular flexibility index (Phi) is 3.33. The van der Waals surface area contributed by atoms with Crippen molar-refractivity contribution in [3.63, 3.8) is 0 Å². The third-order valence-corrected chi connectivity index (χ3v) is 1.69. The number of carbonyl (C=O) groups is 1. The van der Waals surface area contributed by atoms with Crippen molar-refractivity contribution in [2.24, 2.45) is 0 Å². The molecule has 1 aromatic carbocycles. The molecule has 0 unspecified atom stereocenters. The molecular formula is C10H13NO. The van der Waals surface area contributed by atoms with Crippen molar-refractivity contribution < 1.29 is 4.79 Å². The molecular weight excluding hydrogens is 150 g/mol. The van der Waals surface area contributed by atoms with E-state index in [1.54, 1.807) is 0 Å². The largest absolute Gasteiger partial charge is 0.329 e. The molecule has 0 aromatic heterocycles. The molecule has 0 atom stereocenters. The SMILES string of the molecule is CCCc1cccc(NC=O)c1. The lowest BCUT2D eigenvalue weighted by atomic mass is 10.1. The zero-order chi connectivity index (χ0) is 8.81. The van der Waals surface area contributed by atoms with Gasteiger partial charge in [-0.25, -0.2) is 0 Å². The number of anilines is 1. The number of hydrogen-bond donors (Lipinski definition) is 1. The maximum atomic E-state index is 10.1. The Bertz CT molecular complexity index is 258. The molecule has 0 aliphatic carbocycles. The molecule has 12 heavy (non-hydrogen) atoms. The van der Waals surface area contributed by atoms with Crippen LogP contribution in [0.15, 0.2) is 24.3 Å². The Morgan fingerprint density at radius 1 is 1.50 bits per heavy atom. The minimum atomic E-state index is 0.699. The summed E-state index contributed by atoms with van der Waals surface area (Å²) in [4.78, 5) is 10.1. The molecule has 1 rings (SSSR count). The van der Waals surface area contributed by atoms with Crippen LogP contribution >= 0.6 is 0 Å². The van der Waals surface area contributed by atoms with Gasteiger partial charge in [-0.1, -0.05) is 25.5 Å². The maximum absolute atomic E-state index is 10.1. The summed E-state index contributed by atoms with van der Waals surface area (Å²) in [5.41, 5.74) is 2.14. The van der Waals surface area contributed by atoms with E-state index in [1.807, 2.05) is 18.2 Å². The average molecular weight is 163 g/mol. The molecule has 1 aromatic rings. The van der Waals surface area contributed by atoms with Gasteiger partial charge in [-0.2, -0.15) is 0 Å². The Morgan fingerprint density at radius 3 is 3.00 bits per heavy atom. The monoisotopic (exact) mass is 163 g/mol. The van der Waals surface area contributed by atoms with Gasteiger partial charge >= 0.3 is 0 Å². The van der Waals surface area contributed by atoms with Gasteiger partial charge in [0.05, 0.1) is 0 Å². The number of hydrogen-bond acceptors (Lipinski definition) is 1. The van der Waals surface area contributed by atoms with Crippen LogP contribution in [0.4, 0.5) is 5.69 Å². The fourth-order valence-corrected chi connectivity index (χ4v) is 1.17. The lowest BCUT2D eigenvalue weighted by molar-refractivity contribution is -0.105. The molecule has 0 saturated carbocycles. The van der Waals surface area contributed by atoms with Crippen molar-refractivity contribution in [2.45, 2.75) is 19.8 Å². The fraction of sp³-hybridized carbons (Fsp3) is 0.300. The molecule has 0 aliphatic heterocycles. The molecule has 0 aliphatic rings. The summed E-state index contributed by atoms with van der Waals surface area (Å²) >= 11 is 0. The quantitative estimate of drug-likeness (QED) is 0.677. The highest BCUT2D eigenvalue weighted by Crippen LogP contribution is 2.10. The molecule has 0 bridgehead atoms. The molecule has 1 N–H and O–H groups in total. The van der Waals surface area contributed by atoms with E-state index in [1.165, 1.54) is 5.56 Å². The number of aryl methyl sites for hydroxylation is 1. The maximum Gasteiger partial charge on any atom is 0.211 e. The Labute approximate surface area is 72.6 Å². The van der Waals surface area contributed by atoms with Crippen molar-refractivity contribution in [1.82, 2.24) is 0 Å². The summed E-state index contributed by atoms with van der Waals surface area (Å²) in [5, 5.41) is 2.63. The van der Waals surface area contributed by atoms with Crippen molar-refractivity contribution in [3.8, 4) is 0 Å². The molecule has 0 fully saturated rings. The summed E-state index contributed by atoms with van der Waals surface area (Å²) in [6.45, 7) is 2.14. The predicted molar refractivity (Wildman–Crippen MR) is 50.1 cm³/mol. The van der Waals surface area contributed by atoms with Gasteiger partial charge in [0.2, 0.25) is 6.41 Å². The van der Waals surface area contributed by atoms with Gasteiger partial charge in [0, 0.05) is 5.69 Å². The molecule has 2 nitrogen and oxygen atoms in total. The third kappa shape index (κ3) is 2.38. The molecule has 0 spiro atoms. The summed E-state index contributed by atoms with van der Waals surface area (Å²) in [6.07, 6.45) is 2.89. The molecule has 2 heteroatoms. The van der Waals surface area contributed by atoms with E-state index >= 15 is 0 Å². The van der Waals surface area contributed by atoms with E-state index < -0.39 is 0 Å². The molecule has 0 heterocycles. The Hall–Kier alpha value is -1.31. The number of amides is 1. The molecule has 0 radical (unpaired) electrons. The van der Waals surface area contributed by atoms with Crippen LogP contribution in [-0.4, -0.2) is 6.41 Å². The van der Waals surface area contributed by atoms with Gasteiger partial charge < -0.3 is 5.32 Å². The first-order chi connectivity index (χ1) is 5.86. The minimum absolute atomic E-state index is 0.699. The second kappa shape index (κ2) is 4.54. The van der Waals surface area contributed by atoms with Crippen LogP contribution in [-0.2, 0) is 11.2 Å². The van der Waals surface area contributed by atoms with Crippen molar-refractivity contribution in [3.05, 3.63) is 29.8 Å². The van der Waals surface area contributed by atoms with E-state index in [-0.39, 0.29) is 0 Å². The van der Waals surface area contributed by atoms with Gasteiger partial charge in [-0.15, -0.1) is 0 Å². The fourth-order valence-electron chi connectivity index (χ4n) is 1.17. The molecule has 1 amide bonds. The number of rotatable bonds is 4. The standard InChI is InChI=1S/C10H13NO/c1-2-4-9-5-3-6-10(7-9)11-8-12/h3,5-8H,2,4H2,1H3,(H,11,12). The normalized spacial score (nSPS) is 9.42. The first kappa shape index (κ1) is 8.78. The van der Waals surface area contributed by atoms with Crippen LogP contribution in [0.2, 0.25) is 0 Å². The third-order valence-electron chi connectivity index (χ3n) is 1.69. The number of carbonyl (C=O) groups excluding carboxylic acids is 1.